The molecule has 3 rings (SSSR count). The van der Waals surface area contributed by atoms with Crippen LogP contribution in [0.5, 0.6) is 0 Å². The van der Waals surface area contributed by atoms with Gasteiger partial charge in [-0.05, 0) is 74.0 Å². The fourth-order valence-corrected chi connectivity index (χ4v) is 5.70. The minimum atomic E-state index is 0.932. The van der Waals surface area contributed by atoms with Gasteiger partial charge >= 0.3 is 0 Å². The van der Waals surface area contributed by atoms with Gasteiger partial charge in [0.25, 0.3) is 0 Å². The number of allylic oxidation sites excluding steroid dienone is 2. The Morgan fingerprint density at radius 1 is 0.545 bits per heavy atom. The summed E-state index contributed by atoms with van der Waals surface area (Å²) in [7, 11) is 0. The van der Waals surface area contributed by atoms with Gasteiger partial charge in [-0.25, -0.2) is 0 Å². The van der Waals surface area contributed by atoms with Crippen molar-refractivity contribution in [2.75, 3.05) is 0 Å². The summed E-state index contributed by atoms with van der Waals surface area (Å²) in [5, 5.41) is 0. The summed E-state index contributed by atoms with van der Waals surface area (Å²) in [5.41, 5.74) is 0. The molecular formula is C22H38. The molecule has 2 fully saturated rings. The summed E-state index contributed by atoms with van der Waals surface area (Å²) >= 11 is 0. The first-order valence-electron chi connectivity index (χ1n) is 10.5. The van der Waals surface area contributed by atoms with Crippen LogP contribution in [0.3, 0.4) is 0 Å². The molecular weight excluding hydrogens is 264 g/mol. The van der Waals surface area contributed by atoms with Gasteiger partial charge in [-0.3, -0.25) is 0 Å². The van der Waals surface area contributed by atoms with E-state index < -0.39 is 0 Å². The van der Waals surface area contributed by atoms with E-state index in [9.17, 15) is 0 Å². The normalized spacial score (nSPS) is 43.2. The molecule has 0 saturated heterocycles. The molecule has 22 heavy (non-hydrogen) atoms. The Kier molecular flexibility index (Phi) is 6.05. The molecule has 2 saturated carbocycles. The number of rotatable bonds is 4. The van der Waals surface area contributed by atoms with Crippen molar-refractivity contribution < 1.29 is 0 Å². The Bertz CT molecular complexity index is 305. The van der Waals surface area contributed by atoms with Crippen LogP contribution in [0.1, 0.15) is 90.9 Å². The summed E-state index contributed by atoms with van der Waals surface area (Å²) in [6.07, 6.45) is 23.2. The van der Waals surface area contributed by atoms with E-state index in [1.54, 1.807) is 0 Å². The summed E-state index contributed by atoms with van der Waals surface area (Å²) in [5.74, 6) is 6.00. The third kappa shape index (κ3) is 3.98. The van der Waals surface area contributed by atoms with Gasteiger partial charge in [-0.1, -0.05) is 64.5 Å². The second-order valence-electron chi connectivity index (χ2n) is 8.67. The molecule has 0 radical (unpaired) electrons. The van der Waals surface area contributed by atoms with E-state index in [1.807, 2.05) is 0 Å². The second kappa shape index (κ2) is 8.02. The quantitative estimate of drug-likeness (QED) is 0.490. The molecule has 126 valence electrons. The predicted octanol–water partition coefficient (Wildman–Crippen LogP) is 7.00. The highest BCUT2D eigenvalue weighted by molar-refractivity contribution is 5.02. The van der Waals surface area contributed by atoms with Crippen molar-refractivity contribution >= 4 is 0 Å². The Morgan fingerprint density at radius 2 is 0.909 bits per heavy atom. The topological polar surface area (TPSA) is 0 Å². The number of hydrogen-bond donors (Lipinski definition) is 0. The Morgan fingerprint density at radius 3 is 1.18 bits per heavy atom. The van der Waals surface area contributed by atoms with E-state index in [0.29, 0.717) is 0 Å². The second-order valence-corrected chi connectivity index (χ2v) is 8.67. The van der Waals surface area contributed by atoms with E-state index in [0.717, 1.165) is 35.5 Å². The Hall–Kier alpha value is -0.260. The molecule has 3 aliphatic carbocycles. The van der Waals surface area contributed by atoms with E-state index in [-0.39, 0.29) is 0 Å². The molecule has 0 aromatic rings. The van der Waals surface area contributed by atoms with Crippen LogP contribution in [0.2, 0.25) is 0 Å². The monoisotopic (exact) mass is 302 g/mol. The van der Waals surface area contributed by atoms with Gasteiger partial charge in [0.05, 0.1) is 0 Å². The maximum absolute atomic E-state index is 2.66. The molecule has 0 aromatic carbocycles. The molecule has 0 aliphatic heterocycles. The molecule has 0 heterocycles. The van der Waals surface area contributed by atoms with Crippen LogP contribution in [-0.2, 0) is 0 Å². The largest absolute Gasteiger partial charge is 0.0849 e. The van der Waals surface area contributed by atoms with Crippen molar-refractivity contribution in [3.63, 3.8) is 0 Å². The first kappa shape index (κ1) is 16.6. The molecule has 0 bridgehead atoms. The van der Waals surface area contributed by atoms with E-state index >= 15 is 0 Å². The average molecular weight is 303 g/mol. The van der Waals surface area contributed by atoms with E-state index in [1.165, 1.54) is 77.0 Å². The standard InChI is InChI=1S/C22H38/c1-3-17-5-9-19(10-6-17)21-13-15-22(16-14-21)20-11-7-18(4-2)8-12-20/h13,15,17-22H,3-12,14,16H2,1-2H3. The Balaban J connectivity index is 1.46. The summed E-state index contributed by atoms with van der Waals surface area (Å²) in [6, 6.07) is 0. The van der Waals surface area contributed by atoms with Gasteiger partial charge in [0.2, 0.25) is 0 Å². The molecule has 0 spiro atoms. The van der Waals surface area contributed by atoms with Crippen LogP contribution in [0, 0.1) is 35.5 Å². The van der Waals surface area contributed by atoms with E-state index in [4.69, 9.17) is 0 Å². The van der Waals surface area contributed by atoms with Gasteiger partial charge < -0.3 is 0 Å². The average Bonchev–Trinajstić information content (AvgIpc) is 2.62. The highest BCUT2D eigenvalue weighted by atomic mass is 14.4. The first-order valence-corrected chi connectivity index (χ1v) is 10.5. The third-order valence-corrected chi connectivity index (χ3v) is 7.59. The van der Waals surface area contributed by atoms with Gasteiger partial charge in [-0.2, -0.15) is 0 Å². The summed E-state index contributed by atoms with van der Waals surface area (Å²) < 4.78 is 0. The van der Waals surface area contributed by atoms with Crippen molar-refractivity contribution in [3.8, 4) is 0 Å². The zero-order valence-electron chi connectivity index (χ0n) is 15.1. The zero-order chi connectivity index (χ0) is 15.4. The fraction of sp³-hybridized carbons (Fsp3) is 0.909. The maximum atomic E-state index is 2.66. The fourth-order valence-electron chi connectivity index (χ4n) is 5.70. The molecule has 0 nitrogen and oxygen atoms in total. The van der Waals surface area contributed by atoms with Crippen molar-refractivity contribution in [2.45, 2.75) is 90.9 Å². The van der Waals surface area contributed by atoms with Crippen molar-refractivity contribution in [2.24, 2.45) is 35.5 Å². The lowest BCUT2D eigenvalue weighted by Gasteiger charge is -2.38. The highest BCUT2D eigenvalue weighted by Crippen LogP contribution is 2.43. The van der Waals surface area contributed by atoms with E-state index in [2.05, 4.69) is 26.0 Å². The molecule has 0 aromatic heterocycles. The van der Waals surface area contributed by atoms with Gasteiger partial charge in [0.15, 0.2) is 0 Å². The predicted molar refractivity (Wildman–Crippen MR) is 96.8 cm³/mol. The maximum Gasteiger partial charge on any atom is -0.0205 e. The Labute approximate surface area is 139 Å². The molecule has 2 unspecified atom stereocenters. The molecule has 2 atom stereocenters. The summed E-state index contributed by atoms with van der Waals surface area (Å²) in [6.45, 7) is 4.76. The SMILES string of the molecule is CCC1CCC(C2C=CC(C3CCC(CC)CC3)CC2)CC1. The first-order chi connectivity index (χ1) is 10.8. The van der Waals surface area contributed by atoms with Crippen LogP contribution in [0.4, 0.5) is 0 Å². The van der Waals surface area contributed by atoms with Gasteiger partial charge in [-0.15, -0.1) is 0 Å². The smallest absolute Gasteiger partial charge is 0.0205 e. The van der Waals surface area contributed by atoms with Crippen LogP contribution < -0.4 is 0 Å². The molecule has 0 heteroatoms. The molecule has 0 N–H and O–H groups in total. The lowest BCUT2D eigenvalue weighted by Crippen LogP contribution is -2.26. The van der Waals surface area contributed by atoms with Crippen molar-refractivity contribution in [3.05, 3.63) is 12.2 Å². The number of hydrogen-bond acceptors (Lipinski definition) is 0. The van der Waals surface area contributed by atoms with Crippen LogP contribution in [0.25, 0.3) is 0 Å². The highest BCUT2D eigenvalue weighted by Gasteiger charge is 2.31. The van der Waals surface area contributed by atoms with Gasteiger partial charge in [0.1, 0.15) is 0 Å². The minimum absolute atomic E-state index is 0.932. The third-order valence-electron chi connectivity index (χ3n) is 7.59. The zero-order valence-corrected chi connectivity index (χ0v) is 15.1. The lowest BCUT2D eigenvalue weighted by molar-refractivity contribution is 0.179. The minimum Gasteiger partial charge on any atom is -0.0849 e. The van der Waals surface area contributed by atoms with Crippen LogP contribution >= 0.6 is 0 Å². The van der Waals surface area contributed by atoms with Crippen LogP contribution in [-0.4, -0.2) is 0 Å². The lowest BCUT2D eigenvalue weighted by atomic mass is 9.68. The molecule has 0 amide bonds. The van der Waals surface area contributed by atoms with Gasteiger partial charge in [0, 0.05) is 0 Å². The van der Waals surface area contributed by atoms with Crippen molar-refractivity contribution in [1.82, 2.24) is 0 Å². The van der Waals surface area contributed by atoms with Crippen molar-refractivity contribution in [1.29, 1.82) is 0 Å². The molecule has 3 aliphatic rings. The summed E-state index contributed by atoms with van der Waals surface area (Å²) in [4.78, 5) is 0. The van der Waals surface area contributed by atoms with Crippen LogP contribution in [0.15, 0.2) is 12.2 Å².